The van der Waals surface area contributed by atoms with Crippen LogP contribution in [0.4, 0.5) is 25.1 Å². The van der Waals surface area contributed by atoms with Crippen LogP contribution in [0.15, 0.2) is 18.5 Å². The summed E-state index contributed by atoms with van der Waals surface area (Å²) in [5.41, 5.74) is 3.88. The lowest BCUT2D eigenvalue weighted by Crippen LogP contribution is -2.23. The molecule has 26 heavy (non-hydrogen) atoms. The number of nitrogens with two attached hydrogens (primary N) is 1. The predicted molar refractivity (Wildman–Crippen MR) is 85.8 cm³/mol. The van der Waals surface area contributed by atoms with Gasteiger partial charge in [0.25, 0.3) is 5.91 Å². The number of amides is 3. The number of rotatable bonds is 4. The van der Waals surface area contributed by atoms with Crippen LogP contribution in [0.3, 0.4) is 0 Å². The number of aromatic amines is 1. The van der Waals surface area contributed by atoms with E-state index in [1.165, 1.54) is 7.11 Å². The first-order chi connectivity index (χ1) is 12.4. The summed E-state index contributed by atoms with van der Waals surface area (Å²) in [6.07, 6.45) is 1.14. The van der Waals surface area contributed by atoms with Gasteiger partial charge in [-0.15, -0.1) is 5.10 Å². The van der Waals surface area contributed by atoms with Gasteiger partial charge in [0.15, 0.2) is 17.3 Å². The minimum Gasteiger partial charge on any atom is -0.479 e. The lowest BCUT2D eigenvalue weighted by atomic mass is 10.1. The molecule has 0 unspecified atom stereocenters. The van der Waals surface area contributed by atoms with Crippen molar-refractivity contribution in [3.8, 4) is 5.88 Å². The molecule has 0 saturated heterocycles. The van der Waals surface area contributed by atoms with Crippen LogP contribution in [0.25, 0.3) is 11.0 Å². The number of aromatic nitrogens is 4. The summed E-state index contributed by atoms with van der Waals surface area (Å²) in [4.78, 5) is 31.1. The zero-order valence-corrected chi connectivity index (χ0v) is 13.1. The van der Waals surface area contributed by atoms with Crippen molar-refractivity contribution in [1.29, 1.82) is 0 Å². The number of hydrogen-bond donors (Lipinski definition) is 4. The highest BCUT2D eigenvalue weighted by atomic mass is 19.1. The van der Waals surface area contributed by atoms with E-state index >= 15 is 0 Å². The summed E-state index contributed by atoms with van der Waals surface area (Å²) in [5, 5.41) is 10.9. The first kappa shape index (κ1) is 17.0. The molecule has 134 valence electrons. The Balaban J connectivity index is 1.90. The van der Waals surface area contributed by atoms with Gasteiger partial charge < -0.3 is 15.8 Å². The number of nitrogens with zero attached hydrogens (tertiary/aromatic N) is 3. The zero-order chi connectivity index (χ0) is 18.8. The van der Waals surface area contributed by atoms with Crippen LogP contribution in [0.5, 0.6) is 5.88 Å². The first-order valence-electron chi connectivity index (χ1n) is 7.01. The van der Waals surface area contributed by atoms with Crippen molar-refractivity contribution in [2.45, 2.75) is 0 Å². The van der Waals surface area contributed by atoms with E-state index in [1.807, 2.05) is 5.32 Å². The van der Waals surface area contributed by atoms with Gasteiger partial charge in [0.1, 0.15) is 23.2 Å². The van der Waals surface area contributed by atoms with Crippen LogP contribution in [0, 0.1) is 11.6 Å². The second-order valence-corrected chi connectivity index (χ2v) is 4.91. The molecule has 2 heterocycles. The third-order valence-electron chi connectivity index (χ3n) is 3.34. The Morgan fingerprint density at radius 3 is 2.69 bits per heavy atom. The smallest absolute Gasteiger partial charge is 0.325 e. The minimum absolute atomic E-state index is 0.00929. The Labute approximate surface area is 143 Å². The molecule has 0 fully saturated rings. The van der Waals surface area contributed by atoms with Crippen LogP contribution in [0.1, 0.15) is 10.4 Å². The third kappa shape index (κ3) is 2.94. The second kappa shape index (κ2) is 6.58. The molecule has 0 radical (unpaired) electrons. The average Bonchev–Trinajstić information content (AvgIpc) is 3.02. The van der Waals surface area contributed by atoms with Gasteiger partial charge in [-0.05, 0) is 12.1 Å². The van der Waals surface area contributed by atoms with Crippen LogP contribution < -0.4 is 21.1 Å². The highest BCUT2D eigenvalue weighted by Crippen LogP contribution is 2.27. The predicted octanol–water partition coefficient (Wildman–Crippen LogP) is 1.38. The van der Waals surface area contributed by atoms with Crippen LogP contribution in [-0.4, -0.2) is 39.2 Å². The third-order valence-corrected chi connectivity index (χ3v) is 3.34. The first-order valence-corrected chi connectivity index (χ1v) is 7.01. The highest BCUT2D eigenvalue weighted by molar-refractivity contribution is 6.05. The lowest BCUT2D eigenvalue weighted by Gasteiger charge is -2.11. The summed E-state index contributed by atoms with van der Waals surface area (Å²) >= 11 is 0. The molecule has 0 aliphatic carbocycles. The largest absolute Gasteiger partial charge is 0.479 e. The quantitative estimate of drug-likeness (QED) is 0.550. The highest BCUT2D eigenvalue weighted by Gasteiger charge is 2.20. The average molecular weight is 363 g/mol. The molecule has 0 bridgehead atoms. The van der Waals surface area contributed by atoms with E-state index in [4.69, 9.17) is 10.5 Å². The molecule has 0 aliphatic heterocycles. The van der Waals surface area contributed by atoms with E-state index in [9.17, 15) is 18.4 Å². The molecule has 3 aromatic rings. The van der Waals surface area contributed by atoms with Crippen molar-refractivity contribution in [1.82, 2.24) is 20.2 Å². The number of carbonyl (C=O) groups excluding carboxylic acids is 2. The van der Waals surface area contributed by atoms with Gasteiger partial charge in [-0.2, -0.15) is 0 Å². The van der Waals surface area contributed by atoms with E-state index in [0.717, 1.165) is 18.5 Å². The molecule has 0 aliphatic rings. The molecule has 5 N–H and O–H groups in total. The lowest BCUT2D eigenvalue weighted by molar-refractivity contribution is 0.0996. The molecule has 1 aromatic carbocycles. The number of methoxy groups -OCH3 is 1. The van der Waals surface area contributed by atoms with Gasteiger partial charge in [0, 0.05) is 0 Å². The number of H-pyrrole nitrogens is 1. The van der Waals surface area contributed by atoms with Crippen LogP contribution >= 0.6 is 0 Å². The number of fused-ring (bicyclic) bond motifs is 1. The van der Waals surface area contributed by atoms with E-state index in [2.05, 4.69) is 25.5 Å². The molecule has 0 spiro atoms. The molecular weight excluding hydrogens is 352 g/mol. The number of hydrogen-bond acceptors (Lipinski definition) is 6. The summed E-state index contributed by atoms with van der Waals surface area (Å²) in [5.74, 6) is -3.38. The molecule has 0 atom stereocenters. The van der Waals surface area contributed by atoms with Gasteiger partial charge in [-0.25, -0.2) is 23.5 Å². The molecule has 2 aromatic heterocycles. The van der Waals surface area contributed by atoms with Crippen LogP contribution in [-0.2, 0) is 0 Å². The number of halogens is 2. The van der Waals surface area contributed by atoms with Gasteiger partial charge in [0.2, 0.25) is 5.88 Å². The molecular formula is C14H11F2N7O3. The standard InChI is InChI=1S/C14H11F2N7O3/c1-26-13-7-11(18-4-19-12(7)22-23-13)21-14(25)20-9-6(15)3-2-5(8(9)16)10(17)24/h2-4H,1H3,(H2,17,24)(H3,18,19,20,21,22,23,25). The fraction of sp³-hybridized carbons (Fsp3) is 0.0714. The Kier molecular flexibility index (Phi) is 4.31. The molecule has 3 rings (SSSR count). The fourth-order valence-electron chi connectivity index (χ4n) is 2.18. The monoisotopic (exact) mass is 363 g/mol. The molecule has 12 heteroatoms. The normalized spacial score (nSPS) is 10.6. The second-order valence-electron chi connectivity index (χ2n) is 4.91. The number of benzene rings is 1. The van der Waals surface area contributed by atoms with Gasteiger partial charge in [-0.1, -0.05) is 0 Å². The summed E-state index contributed by atoms with van der Waals surface area (Å²) in [6.45, 7) is 0. The molecule has 0 saturated carbocycles. The minimum atomic E-state index is -1.29. The molecule has 3 amide bonds. The van der Waals surface area contributed by atoms with Gasteiger partial charge in [0.05, 0.1) is 12.7 Å². The van der Waals surface area contributed by atoms with Crippen molar-refractivity contribution in [3.05, 3.63) is 35.7 Å². The Hall–Kier alpha value is -3.83. The van der Waals surface area contributed by atoms with E-state index in [1.54, 1.807) is 0 Å². The fourth-order valence-corrected chi connectivity index (χ4v) is 2.18. The summed E-state index contributed by atoms with van der Waals surface area (Å²) in [7, 11) is 1.35. The number of anilines is 2. The maximum atomic E-state index is 14.2. The van der Waals surface area contributed by atoms with Crippen molar-refractivity contribution < 1.29 is 23.1 Å². The number of ether oxygens (including phenoxy) is 1. The topological polar surface area (TPSA) is 148 Å². The molecule has 10 nitrogen and oxygen atoms in total. The Morgan fingerprint density at radius 2 is 2.00 bits per heavy atom. The SMILES string of the molecule is COc1n[nH]c2ncnc(NC(=O)Nc3c(F)ccc(C(N)=O)c3F)c12. The Morgan fingerprint density at radius 1 is 1.23 bits per heavy atom. The summed E-state index contributed by atoms with van der Waals surface area (Å²) in [6, 6.07) is 0.661. The van der Waals surface area contributed by atoms with Crippen molar-refractivity contribution in [3.63, 3.8) is 0 Å². The van der Waals surface area contributed by atoms with Gasteiger partial charge in [-0.3, -0.25) is 15.2 Å². The van der Waals surface area contributed by atoms with E-state index in [-0.39, 0.29) is 22.7 Å². The number of primary amides is 1. The maximum Gasteiger partial charge on any atom is 0.325 e. The van der Waals surface area contributed by atoms with Crippen molar-refractivity contribution in [2.75, 3.05) is 17.7 Å². The van der Waals surface area contributed by atoms with Crippen LogP contribution in [0.2, 0.25) is 0 Å². The number of carbonyl (C=O) groups is 2. The Bertz CT molecular complexity index is 1020. The number of nitrogens with one attached hydrogen (secondary N) is 3. The number of urea groups is 1. The summed E-state index contributed by atoms with van der Waals surface area (Å²) < 4.78 is 33.0. The van der Waals surface area contributed by atoms with E-state index < -0.39 is 34.8 Å². The van der Waals surface area contributed by atoms with Crippen molar-refractivity contribution in [2.24, 2.45) is 5.73 Å². The van der Waals surface area contributed by atoms with Gasteiger partial charge >= 0.3 is 6.03 Å². The zero-order valence-electron chi connectivity index (χ0n) is 13.1. The maximum absolute atomic E-state index is 14.2. The van der Waals surface area contributed by atoms with E-state index in [0.29, 0.717) is 0 Å². The van der Waals surface area contributed by atoms with Crippen molar-refractivity contribution >= 4 is 34.5 Å².